The van der Waals surface area contributed by atoms with Crippen LogP contribution in [0.2, 0.25) is 0 Å². The number of nitrogens with zero attached hydrogens (tertiary/aromatic N) is 1. The minimum Gasteiger partial charge on any atom is -0.481 e. The van der Waals surface area contributed by atoms with Gasteiger partial charge in [-0.15, -0.1) is 4.91 Å². The first-order valence-corrected chi connectivity index (χ1v) is 5.04. The molecule has 0 aromatic carbocycles. The zero-order valence-corrected chi connectivity index (χ0v) is 10.8. The summed E-state index contributed by atoms with van der Waals surface area (Å²) in [5.74, 6) is -5.76. The molecule has 0 aromatic heterocycles. The number of hydrogen-bond donors (Lipinski definition) is 6. The molecule has 0 fully saturated rings. The van der Waals surface area contributed by atoms with Gasteiger partial charge in [0.2, 0.25) is 0 Å². The van der Waals surface area contributed by atoms with E-state index < -0.39 is 42.3 Å². The Balaban J connectivity index is -0.000000335. The summed E-state index contributed by atoms with van der Waals surface area (Å²) >= 11 is 0. The molecule has 0 aliphatic heterocycles. The standard InChI is InChI=1S/C6H8O7.C3H6O2.HNO2/c7-3(8)1-6(13,5(11)12)2-4(9)10;1-2-3(4)5;2-1-3/h13H,1-2H2,(H,7,8)(H,9,10)(H,11,12);2H2,1H3,(H,4,5);(H,2,3). The van der Waals surface area contributed by atoms with E-state index in [4.69, 9.17) is 35.6 Å². The second-order valence-electron chi connectivity index (χ2n) is 3.31. The van der Waals surface area contributed by atoms with Crippen LogP contribution in [0.3, 0.4) is 0 Å². The summed E-state index contributed by atoms with van der Waals surface area (Å²) < 4.78 is 0. The highest BCUT2D eigenvalue weighted by Gasteiger charge is 2.40. The minimum atomic E-state index is -2.74. The molecule has 0 aromatic rings. The zero-order valence-electron chi connectivity index (χ0n) is 10.8. The lowest BCUT2D eigenvalue weighted by Crippen LogP contribution is -2.42. The van der Waals surface area contributed by atoms with E-state index in [1.54, 1.807) is 6.92 Å². The molecule has 0 heterocycles. The van der Waals surface area contributed by atoms with Gasteiger partial charge >= 0.3 is 23.9 Å². The SMILES string of the molecule is CCC(=O)O.O=C(O)CC(O)(CC(=O)O)C(=O)O.O=NO. The summed E-state index contributed by atoms with van der Waals surface area (Å²) in [4.78, 5) is 48.0. The number of hydrogen-bond acceptors (Lipinski definition) is 7. The first kappa shape index (κ1) is 23.3. The molecule has 0 amide bonds. The van der Waals surface area contributed by atoms with Crippen molar-refractivity contribution in [3.63, 3.8) is 0 Å². The number of carboxylic acids is 4. The molecule has 122 valence electrons. The highest BCUT2D eigenvalue weighted by molar-refractivity contribution is 5.88. The van der Waals surface area contributed by atoms with E-state index in [-0.39, 0.29) is 6.42 Å². The van der Waals surface area contributed by atoms with Crippen molar-refractivity contribution < 1.29 is 49.9 Å². The number of carboxylic acid groups (broad SMARTS) is 4. The highest BCUT2D eigenvalue weighted by Crippen LogP contribution is 2.15. The van der Waals surface area contributed by atoms with Crippen LogP contribution >= 0.6 is 0 Å². The molecule has 0 aliphatic carbocycles. The summed E-state index contributed by atoms with van der Waals surface area (Å²) in [7, 11) is 0. The summed E-state index contributed by atoms with van der Waals surface area (Å²) in [5.41, 5.74) is -2.74. The predicted molar refractivity (Wildman–Crippen MR) is 62.6 cm³/mol. The number of rotatable bonds is 6. The summed E-state index contributed by atoms with van der Waals surface area (Å²) in [6.07, 6.45) is -2.07. The molecule has 0 radical (unpaired) electrons. The maximum absolute atomic E-state index is 10.3. The molecular formula is C9H15NO11. The van der Waals surface area contributed by atoms with Crippen molar-refractivity contribution in [2.75, 3.05) is 0 Å². The first-order chi connectivity index (χ1) is 9.46. The van der Waals surface area contributed by atoms with Gasteiger partial charge in [-0.1, -0.05) is 6.92 Å². The fourth-order valence-corrected chi connectivity index (χ4v) is 0.714. The van der Waals surface area contributed by atoms with Gasteiger partial charge in [0, 0.05) is 6.42 Å². The van der Waals surface area contributed by atoms with Gasteiger partial charge in [0.1, 0.15) is 0 Å². The summed E-state index contributed by atoms with van der Waals surface area (Å²) in [5, 5.41) is 49.4. The van der Waals surface area contributed by atoms with Crippen LogP contribution in [0.1, 0.15) is 26.2 Å². The number of aliphatic carboxylic acids is 4. The van der Waals surface area contributed by atoms with Crippen LogP contribution in [-0.2, 0) is 19.2 Å². The third kappa shape index (κ3) is 17.2. The van der Waals surface area contributed by atoms with E-state index in [9.17, 15) is 19.2 Å². The second-order valence-corrected chi connectivity index (χ2v) is 3.31. The Morgan fingerprint density at radius 1 is 0.905 bits per heavy atom. The summed E-state index contributed by atoms with van der Waals surface area (Å²) in [6.45, 7) is 1.60. The Morgan fingerprint density at radius 3 is 1.24 bits per heavy atom. The fraction of sp³-hybridized carbons (Fsp3) is 0.556. The Morgan fingerprint density at radius 2 is 1.14 bits per heavy atom. The molecule has 0 spiro atoms. The smallest absolute Gasteiger partial charge is 0.336 e. The Labute approximate surface area is 117 Å². The van der Waals surface area contributed by atoms with Gasteiger partial charge in [-0.25, -0.2) is 4.79 Å². The van der Waals surface area contributed by atoms with Crippen LogP contribution in [-0.4, -0.2) is 60.2 Å². The normalized spacial score (nSPS) is 9.05. The lowest BCUT2D eigenvalue weighted by atomic mass is 9.96. The predicted octanol–water partition coefficient (Wildman–Crippen LogP) is -0.625. The van der Waals surface area contributed by atoms with Gasteiger partial charge in [0.15, 0.2) is 10.9 Å². The van der Waals surface area contributed by atoms with Crippen LogP contribution in [0.4, 0.5) is 0 Å². The van der Waals surface area contributed by atoms with Gasteiger partial charge in [-0.3, -0.25) is 14.4 Å². The monoisotopic (exact) mass is 313 g/mol. The highest BCUT2D eigenvalue weighted by atomic mass is 16.6. The van der Waals surface area contributed by atoms with E-state index in [0.29, 0.717) is 0 Å². The molecule has 21 heavy (non-hydrogen) atoms. The molecule has 0 saturated carbocycles. The quantitative estimate of drug-likeness (QED) is 0.267. The molecule has 6 N–H and O–H groups in total. The topological polar surface area (TPSA) is 219 Å². The molecule has 12 heteroatoms. The van der Waals surface area contributed by atoms with Crippen molar-refractivity contribution >= 4 is 23.9 Å². The zero-order chi connectivity index (χ0) is 17.6. The van der Waals surface area contributed by atoms with Gasteiger partial charge < -0.3 is 30.7 Å². The molecule has 0 aliphatic rings. The van der Waals surface area contributed by atoms with Crippen LogP contribution in [0, 0.1) is 4.91 Å². The van der Waals surface area contributed by atoms with Crippen molar-refractivity contribution in [3.8, 4) is 0 Å². The molecule has 0 rings (SSSR count). The van der Waals surface area contributed by atoms with E-state index in [0.717, 1.165) is 0 Å². The van der Waals surface area contributed by atoms with Crippen molar-refractivity contribution in [2.24, 2.45) is 5.34 Å². The summed E-state index contributed by atoms with van der Waals surface area (Å²) in [6, 6.07) is 0. The van der Waals surface area contributed by atoms with E-state index in [1.807, 2.05) is 0 Å². The van der Waals surface area contributed by atoms with Crippen LogP contribution in [0.15, 0.2) is 5.34 Å². The molecule has 0 saturated heterocycles. The van der Waals surface area contributed by atoms with Crippen molar-refractivity contribution in [1.29, 1.82) is 0 Å². The number of carbonyl (C=O) groups is 4. The average molecular weight is 313 g/mol. The van der Waals surface area contributed by atoms with Gasteiger partial charge in [-0.2, -0.15) is 0 Å². The van der Waals surface area contributed by atoms with Crippen LogP contribution < -0.4 is 0 Å². The average Bonchev–Trinajstić information content (AvgIpc) is 2.28. The lowest BCUT2D eigenvalue weighted by Gasteiger charge is -2.18. The minimum absolute atomic E-state index is 0.222. The van der Waals surface area contributed by atoms with Crippen LogP contribution in [0.25, 0.3) is 0 Å². The third-order valence-corrected chi connectivity index (χ3v) is 1.59. The Hall–Kier alpha value is -2.76. The van der Waals surface area contributed by atoms with E-state index >= 15 is 0 Å². The maximum atomic E-state index is 10.3. The first-order valence-electron chi connectivity index (χ1n) is 5.04. The van der Waals surface area contributed by atoms with Crippen LogP contribution in [0.5, 0.6) is 0 Å². The van der Waals surface area contributed by atoms with Crippen molar-refractivity contribution in [2.45, 2.75) is 31.8 Å². The molecule has 0 bridgehead atoms. The molecule has 12 nitrogen and oxygen atoms in total. The number of aliphatic hydroxyl groups is 1. The van der Waals surface area contributed by atoms with E-state index in [2.05, 4.69) is 0 Å². The van der Waals surface area contributed by atoms with Gasteiger partial charge in [0.05, 0.1) is 12.8 Å². The second kappa shape index (κ2) is 12.3. The largest absolute Gasteiger partial charge is 0.481 e. The van der Waals surface area contributed by atoms with Crippen molar-refractivity contribution in [1.82, 2.24) is 0 Å². The molecular weight excluding hydrogens is 298 g/mol. The third-order valence-electron chi connectivity index (χ3n) is 1.59. The maximum Gasteiger partial charge on any atom is 0.336 e. The molecule has 0 unspecified atom stereocenters. The Kier molecular flexibility index (Phi) is 13.7. The van der Waals surface area contributed by atoms with E-state index in [1.165, 1.54) is 5.34 Å². The van der Waals surface area contributed by atoms with Gasteiger partial charge in [-0.05, 0) is 0 Å². The Bertz CT molecular complexity index is 362. The van der Waals surface area contributed by atoms with Gasteiger partial charge in [0.25, 0.3) is 0 Å². The van der Waals surface area contributed by atoms with Crippen molar-refractivity contribution in [3.05, 3.63) is 4.91 Å². The fourth-order valence-electron chi connectivity index (χ4n) is 0.714. The molecule has 0 atom stereocenters. The lowest BCUT2D eigenvalue weighted by molar-refractivity contribution is -0.170.